The molecule has 2 rings (SSSR count). The van der Waals surface area contributed by atoms with Crippen molar-refractivity contribution in [2.45, 2.75) is 0 Å². The second-order valence-electron chi connectivity index (χ2n) is 3.96. The fourth-order valence-corrected chi connectivity index (χ4v) is 2.51. The Labute approximate surface area is 141 Å². The Morgan fingerprint density at radius 2 is 1.67 bits per heavy atom. The molecule has 1 amide bonds. The first-order chi connectivity index (χ1) is 9.99. The van der Waals surface area contributed by atoms with Crippen LogP contribution in [0.15, 0.2) is 41.5 Å². The number of carbonyl (C=O) groups is 1. The Kier molecular flexibility index (Phi) is 5.48. The molecule has 0 fully saturated rings. The quantitative estimate of drug-likeness (QED) is 0.602. The van der Waals surface area contributed by atoms with Crippen LogP contribution in [0, 0.1) is 0 Å². The van der Waals surface area contributed by atoms with E-state index < -0.39 is 5.91 Å². The third-order valence-corrected chi connectivity index (χ3v) is 3.74. The normalized spacial score (nSPS) is 10.9. The van der Waals surface area contributed by atoms with Crippen LogP contribution in [0.25, 0.3) is 0 Å². The van der Waals surface area contributed by atoms with Crippen molar-refractivity contribution < 1.29 is 4.79 Å². The number of hydrazone groups is 1. The van der Waals surface area contributed by atoms with Crippen molar-refractivity contribution in [1.82, 2.24) is 5.43 Å². The minimum absolute atomic E-state index is 0.242. The van der Waals surface area contributed by atoms with E-state index in [1.54, 1.807) is 24.3 Å². The highest BCUT2D eigenvalue weighted by molar-refractivity contribution is 6.38. The second-order valence-corrected chi connectivity index (χ2v) is 5.62. The van der Waals surface area contributed by atoms with Crippen LogP contribution in [0.1, 0.15) is 15.9 Å². The van der Waals surface area contributed by atoms with Gasteiger partial charge in [0.2, 0.25) is 0 Å². The zero-order valence-corrected chi connectivity index (χ0v) is 13.4. The molecule has 2 aromatic rings. The molecule has 108 valence electrons. The van der Waals surface area contributed by atoms with Gasteiger partial charge in [0.05, 0.1) is 26.8 Å². The lowest BCUT2D eigenvalue weighted by Gasteiger charge is -2.03. The van der Waals surface area contributed by atoms with Gasteiger partial charge in [0.15, 0.2) is 0 Å². The van der Waals surface area contributed by atoms with E-state index in [2.05, 4.69) is 10.5 Å². The van der Waals surface area contributed by atoms with Gasteiger partial charge in [-0.2, -0.15) is 5.10 Å². The molecule has 0 atom stereocenters. The van der Waals surface area contributed by atoms with E-state index in [1.165, 1.54) is 18.3 Å². The van der Waals surface area contributed by atoms with Gasteiger partial charge in [-0.25, -0.2) is 5.43 Å². The van der Waals surface area contributed by atoms with Crippen LogP contribution in [0.3, 0.4) is 0 Å². The predicted octanol–water partition coefficient (Wildman–Crippen LogP) is 5.06. The molecule has 0 spiro atoms. The Hall–Kier alpha value is -1.26. The topological polar surface area (TPSA) is 41.5 Å². The lowest BCUT2D eigenvalue weighted by molar-refractivity contribution is 0.0955. The highest BCUT2D eigenvalue weighted by Crippen LogP contribution is 2.22. The first-order valence-corrected chi connectivity index (χ1v) is 7.22. The Morgan fingerprint density at radius 1 is 1.00 bits per heavy atom. The van der Waals surface area contributed by atoms with Gasteiger partial charge in [0, 0.05) is 10.6 Å². The molecule has 7 heteroatoms. The summed E-state index contributed by atoms with van der Waals surface area (Å²) in [4.78, 5) is 11.9. The summed E-state index contributed by atoms with van der Waals surface area (Å²) in [7, 11) is 0. The molecule has 0 saturated heterocycles. The number of halogens is 4. The lowest BCUT2D eigenvalue weighted by Crippen LogP contribution is -2.18. The van der Waals surface area contributed by atoms with Gasteiger partial charge >= 0.3 is 0 Å². The molecule has 0 bridgehead atoms. The number of carbonyl (C=O) groups excluding carboxylic acids is 1. The number of rotatable bonds is 3. The molecule has 3 nitrogen and oxygen atoms in total. The minimum Gasteiger partial charge on any atom is -0.267 e. The van der Waals surface area contributed by atoms with Crippen molar-refractivity contribution in [3.05, 3.63) is 67.6 Å². The number of hydrogen-bond acceptors (Lipinski definition) is 2. The molecule has 0 aliphatic heterocycles. The molecule has 0 radical (unpaired) electrons. The van der Waals surface area contributed by atoms with E-state index in [0.717, 1.165) is 0 Å². The first kappa shape index (κ1) is 16.1. The van der Waals surface area contributed by atoms with Gasteiger partial charge in [0.25, 0.3) is 5.91 Å². The molecule has 1 N–H and O–H groups in total. The molecule has 0 unspecified atom stereocenters. The summed E-state index contributed by atoms with van der Waals surface area (Å²) >= 11 is 23.7. The Morgan fingerprint density at radius 3 is 2.29 bits per heavy atom. The molecule has 0 saturated carbocycles. The fourth-order valence-electron chi connectivity index (χ4n) is 1.52. The molecular weight excluding hydrogens is 354 g/mol. The van der Waals surface area contributed by atoms with E-state index in [-0.39, 0.29) is 10.6 Å². The molecular formula is C14H8Cl4N2O. The summed E-state index contributed by atoms with van der Waals surface area (Å²) < 4.78 is 0. The van der Waals surface area contributed by atoms with Crippen molar-refractivity contribution >= 4 is 58.5 Å². The monoisotopic (exact) mass is 360 g/mol. The molecule has 0 aliphatic carbocycles. The largest absolute Gasteiger partial charge is 0.272 e. The van der Waals surface area contributed by atoms with Crippen molar-refractivity contribution in [3.63, 3.8) is 0 Å². The summed E-state index contributed by atoms with van der Waals surface area (Å²) in [5, 5.41) is 5.38. The third kappa shape index (κ3) is 4.11. The SMILES string of the molecule is O=C(NN=Cc1c(Cl)cccc1Cl)c1ccc(Cl)cc1Cl. The number of nitrogens with one attached hydrogen (secondary N) is 1. The fraction of sp³-hybridized carbons (Fsp3) is 0. The average molecular weight is 362 g/mol. The van der Waals surface area contributed by atoms with Gasteiger partial charge in [-0.1, -0.05) is 52.5 Å². The second kappa shape index (κ2) is 7.14. The Balaban J connectivity index is 2.12. The summed E-state index contributed by atoms with van der Waals surface area (Å²) in [6, 6.07) is 9.62. The van der Waals surface area contributed by atoms with Gasteiger partial charge in [-0.3, -0.25) is 4.79 Å². The zero-order valence-electron chi connectivity index (χ0n) is 10.4. The molecule has 0 aromatic heterocycles. The maximum absolute atomic E-state index is 11.9. The van der Waals surface area contributed by atoms with Crippen LogP contribution in [0.5, 0.6) is 0 Å². The zero-order chi connectivity index (χ0) is 15.4. The smallest absolute Gasteiger partial charge is 0.267 e. The van der Waals surface area contributed by atoms with E-state index >= 15 is 0 Å². The lowest BCUT2D eigenvalue weighted by atomic mass is 10.2. The van der Waals surface area contributed by atoms with E-state index in [1.807, 2.05) is 0 Å². The molecule has 21 heavy (non-hydrogen) atoms. The number of amides is 1. The maximum Gasteiger partial charge on any atom is 0.272 e. The van der Waals surface area contributed by atoms with Crippen LogP contribution in [-0.4, -0.2) is 12.1 Å². The highest BCUT2D eigenvalue weighted by atomic mass is 35.5. The van der Waals surface area contributed by atoms with Crippen LogP contribution >= 0.6 is 46.4 Å². The van der Waals surface area contributed by atoms with E-state index in [9.17, 15) is 4.79 Å². The maximum atomic E-state index is 11.9. The Bertz CT molecular complexity index is 696. The summed E-state index contributed by atoms with van der Waals surface area (Å²) in [5.41, 5.74) is 3.13. The summed E-state index contributed by atoms with van der Waals surface area (Å²) in [5.74, 6) is -0.462. The minimum atomic E-state index is -0.462. The highest BCUT2D eigenvalue weighted by Gasteiger charge is 2.10. The van der Waals surface area contributed by atoms with Crippen LogP contribution in [0.4, 0.5) is 0 Å². The van der Waals surface area contributed by atoms with Gasteiger partial charge < -0.3 is 0 Å². The van der Waals surface area contributed by atoms with Crippen molar-refractivity contribution in [2.24, 2.45) is 5.10 Å². The van der Waals surface area contributed by atoms with Crippen molar-refractivity contribution in [1.29, 1.82) is 0 Å². The third-order valence-electron chi connectivity index (χ3n) is 2.54. The number of nitrogens with zero attached hydrogens (tertiary/aromatic N) is 1. The average Bonchev–Trinajstić information content (AvgIpc) is 2.42. The number of benzene rings is 2. The van der Waals surface area contributed by atoms with Gasteiger partial charge in [-0.05, 0) is 30.3 Å². The van der Waals surface area contributed by atoms with Crippen LogP contribution in [-0.2, 0) is 0 Å². The summed E-state index contributed by atoms with van der Waals surface area (Å²) in [6.07, 6.45) is 1.37. The van der Waals surface area contributed by atoms with Crippen molar-refractivity contribution in [3.8, 4) is 0 Å². The number of hydrogen-bond donors (Lipinski definition) is 1. The first-order valence-electron chi connectivity index (χ1n) is 5.71. The van der Waals surface area contributed by atoms with Gasteiger partial charge in [0.1, 0.15) is 0 Å². The predicted molar refractivity (Wildman–Crippen MR) is 88.0 cm³/mol. The van der Waals surface area contributed by atoms with E-state index in [0.29, 0.717) is 20.6 Å². The van der Waals surface area contributed by atoms with Crippen LogP contribution in [0.2, 0.25) is 20.1 Å². The molecule has 2 aromatic carbocycles. The van der Waals surface area contributed by atoms with Gasteiger partial charge in [-0.15, -0.1) is 0 Å². The van der Waals surface area contributed by atoms with Crippen molar-refractivity contribution in [2.75, 3.05) is 0 Å². The van der Waals surface area contributed by atoms with E-state index in [4.69, 9.17) is 46.4 Å². The molecule has 0 heterocycles. The molecule has 0 aliphatic rings. The summed E-state index contributed by atoms with van der Waals surface area (Å²) in [6.45, 7) is 0. The van der Waals surface area contributed by atoms with Crippen LogP contribution < -0.4 is 5.43 Å². The standard InChI is InChI=1S/C14H8Cl4N2O/c15-8-4-5-9(13(18)6-8)14(21)20-19-7-10-11(16)2-1-3-12(10)17/h1-7H,(H,20,21).